The molecule has 1 unspecified atom stereocenters. The summed E-state index contributed by atoms with van der Waals surface area (Å²) >= 11 is 0. The van der Waals surface area contributed by atoms with Gasteiger partial charge in [0.15, 0.2) is 0 Å². The molecule has 3 nitrogen and oxygen atoms in total. The van der Waals surface area contributed by atoms with E-state index in [0.29, 0.717) is 11.3 Å². The summed E-state index contributed by atoms with van der Waals surface area (Å²) < 4.78 is 0. The summed E-state index contributed by atoms with van der Waals surface area (Å²) in [6, 6.07) is 0. The Kier molecular flexibility index (Phi) is 3.36. The molecule has 0 spiro atoms. The highest BCUT2D eigenvalue weighted by atomic mass is 15.0. The predicted molar refractivity (Wildman–Crippen MR) is 71.2 cm³/mol. The molecule has 0 radical (unpaired) electrons. The molecule has 1 aliphatic carbocycles. The van der Waals surface area contributed by atoms with Gasteiger partial charge in [0.25, 0.3) is 0 Å². The van der Waals surface area contributed by atoms with Crippen LogP contribution in [0.1, 0.15) is 45.4 Å². The number of hydrogen-bond acceptors (Lipinski definition) is 3. The summed E-state index contributed by atoms with van der Waals surface area (Å²) in [6.07, 6.45) is 5.15. The fraction of sp³-hybridized carbons (Fsp3) is 0.714. The highest BCUT2D eigenvalue weighted by Gasteiger charge is 2.21. The average molecular weight is 233 g/mol. The molecule has 1 atom stereocenters. The molecule has 1 heterocycles. The van der Waals surface area contributed by atoms with Crippen LogP contribution in [0.2, 0.25) is 0 Å². The number of aryl methyl sites for hydroxylation is 1. The fourth-order valence-corrected chi connectivity index (χ4v) is 2.07. The van der Waals surface area contributed by atoms with Crippen LogP contribution in [0.3, 0.4) is 0 Å². The van der Waals surface area contributed by atoms with E-state index >= 15 is 0 Å². The summed E-state index contributed by atoms with van der Waals surface area (Å²) in [5, 5.41) is 3.50. The third kappa shape index (κ3) is 2.76. The average Bonchev–Trinajstić information content (AvgIpc) is 2.72. The second kappa shape index (κ2) is 4.63. The van der Waals surface area contributed by atoms with Crippen molar-refractivity contribution in [3.8, 4) is 0 Å². The van der Waals surface area contributed by atoms with Crippen molar-refractivity contribution in [2.45, 2.75) is 47.0 Å². The Labute approximate surface area is 104 Å². The molecule has 0 fully saturated rings. The smallest absolute Gasteiger partial charge is 0.132 e. The monoisotopic (exact) mass is 233 g/mol. The zero-order valence-electron chi connectivity index (χ0n) is 11.4. The second-order valence-electron chi connectivity index (χ2n) is 6.15. The van der Waals surface area contributed by atoms with Gasteiger partial charge in [-0.05, 0) is 30.6 Å². The molecule has 0 bridgehead atoms. The Morgan fingerprint density at radius 3 is 2.76 bits per heavy atom. The van der Waals surface area contributed by atoms with E-state index in [1.165, 1.54) is 17.7 Å². The van der Waals surface area contributed by atoms with Gasteiger partial charge in [0, 0.05) is 17.8 Å². The van der Waals surface area contributed by atoms with Crippen LogP contribution in [-0.4, -0.2) is 16.5 Å². The number of rotatable bonds is 3. The molecule has 0 aliphatic heterocycles. The molecule has 2 rings (SSSR count). The highest BCUT2D eigenvalue weighted by Crippen LogP contribution is 2.28. The van der Waals surface area contributed by atoms with Gasteiger partial charge in [-0.25, -0.2) is 9.97 Å². The van der Waals surface area contributed by atoms with E-state index in [4.69, 9.17) is 0 Å². The van der Waals surface area contributed by atoms with Gasteiger partial charge in [-0.3, -0.25) is 0 Å². The van der Waals surface area contributed by atoms with E-state index in [1.807, 2.05) is 0 Å². The Balaban J connectivity index is 2.03. The van der Waals surface area contributed by atoms with Crippen molar-refractivity contribution in [2.24, 2.45) is 11.3 Å². The van der Waals surface area contributed by atoms with E-state index in [1.54, 1.807) is 6.33 Å². The van der Waals surface area contributed by atoms with Gasteiger partial charge < -0.3 is 5.32 Å². The van der Waals surface area contributed by atoms with Crippen molar-refractivity contribution in [3.63, 3.8) is 0 Å². The van der Waals surface area contributed by atoms with Gasteiger partial charge >= 0.3 is 0 Å². The topological polar surface area (TPSA) is 37.8 Å². The van der Waals surface area contributed by atoms with E-state index in [2.05, 4.69) is 43.0 Å². The first-order valence-corrected chi connectivity index (χ1v) is 6.55. The fourth-order valence-electron chi connectivity index (χ4n) is 2.07. The van der Waals surface area contributed by atoms with Gasteiger partial charge in [-0.1, -0.05) is 27.7 Å². The van der Waals surface area contributed by atoms with Crippen molar-refractivity contribution in [2.75, 3.05) is 11.9 Å². The maximum Gasteiger partial charge on any atom is 0.132 e. The first-order chi connectivity index (χ1) is 7.98. The number of nitrogens with zero attached hydrogens (tertiary/aromatic N) is 2. The maximum atomic E-state index is 4.38. The van der Waals surface area contributed by atoms with Crippen molar-refractivity contribution < 1.29 is 0 Å². The standard InChI is InChI=1S/C14H23N3/c1-10(14(2,3)4)8-15-13-11-6-5-7-12(11)16-9-17-13/h9-10H,5-8H2,1-4H3,(H,15,16,17). The maximum absolute atomic E-state index is 4.38. The lowest BCUT2D eigenvalue weighted by atomic mass is 9.82. The van der Waals surface area contributed by atoms with Gasteiger partial charge in [0.2, 0.25) is 0 Å². The number of aromatic nitrogens is 2. The molecule has 1 aromatic rings. The molecule has 0 amide bonds. The first kappa shape index (κ1) is 12.3. The van der Waals surface area contributed by atoms with Gasteiger partial charge in [-0.15, -0.1) is 0 Å². The molecule has 0 saturated carbocycles. The van der Waals surface area contributed by atoms with Crippen molar-refractivity contribution in [1.29, 1.82) is 0 Å². The minimum absolute atomic E-state index is 0.337. The molecule has 0 aromatic carbocycles. The minimum Gasteiger partial charge on any atom is -0.369 e. The van der Waals surface area contributed by atoms with E-state index in [0.717, 1.165) is 25.2 Å². The lowest BCUT2D eigenvalue weighted by Crippen LogP contribution is -2.25. The van der Waals surface area contributed by atoms with Crippen LogP contribution < -0.4 is 5.32 Å². The third-order valence-electron chi connectivity index (χ3n) is 3.93. The number of fused-ring (bicyclic) bond motifs is 1. The largest absolute Gasteiger partial charge is 0.369 e. The SMILES string of the molecule is CC(CNc1ncnc2c1CCC2)C(C)(C)C. The molecular weight excluding hydrogens is 210 g/mol. The quantitative estimate of drug-likeness (QED) is 0.872. The molecule has 1 N–H and O–H groups in total. The van der Waals surface area contributed by atoms with E-state index < -0.39 is 0 Å². The molecule has 1 aromatic heterocycles. The van der Waals surface area contributed by atoms with E-state index in [-0.39, 0.29) is 0 Å². The molecular formula is C14H23N3. The van der Waals surface area contributed by atoms with Crippen LogP contribution in [-0.2, 0) is 12.8 Å². The minimum atomic E-state index is 0.337. The van der Waals surface area contributed by atoms with Crippen LogP contribution in [0.4, 0.5) is 5.82 Å². The van der Waals surface area contributed by atoms with Crippen LogP contribution in [0.25, 0.3) is 0 Å². The van der Waals surface area contributed by atoms with E-state index in [9.17, 15) is 0 Å². The molecule has 17 heavy (non-hydrogen) atoms. The molecule has 0 saturated heterocycles. The zero-order chi connectivity index (χ0) is 12.5. The summed E-state index contributed by atoms with van der Waals surface area (Å²) in [7, 11) is 0. The lowest BCUT2D eigenvalue weighted by Gasteiger charge is -2.27. The molecule has 3 heteroatoms. The number of hydrogen-bond donors (Lipinski definition) is 1. The van der Waals surface area contributed by atoms with Crippen molar-refractivity contribution >= 4 is 5.82 Å². The Hall–Kier alpha value is -1.12. The summed E-state index contributed by atoms with van der Waals surface area (Å²) in [4.78, 5) is 8.73. The van der Waals surface area contributed by atoms with Crippen LogP contribution in [0.15, 0.2) is 6.33 Å². The third-order valence-corrected chi connectivity index (χ3v) is 3.93. The summed E-state index contributed by atoms with van der Waals surface area (Å²) in [5.41, 5.74) is 2.92. The normalized spacial score (nSPS) is 16.7. The van der Waals surface area contributed by atoms with Crippen LogP contribution >= 0.6 is 0 Å². The molecule has 1 aliphatic rings. The second-order valence-corrected chi connectivity index (χ2v) is 6.15. The van der Waals surface area contributed by atoms with Gasteiger partial charge in [0.1, 0.15) is 12.1 Å². The Bertz CT molecular complexity index is 393. The highest BCUT2D eigenvalue weighted by molar-refractivity contribution is 5.47. The van der Waals surface area contributed by atoms with Crippen molar-refractivity contribution in [1.82, 2.24) is 9.97 Å². The first-order valence-electron chi connectivity index (χ1n) is 6.55. The van der Waals surface area contributed by atoms with Crippen LogP contribution in [0.5, 0.6) is 0 Å². The lowest BCUT2D eigenvalue weighted by molar-refractivity contribution is 0.274. The molecule has 94 valence electrons. The van der Waals surface area contributed by atoms with Crippen molar-refractivity contribution in [3.05, 3.63) is 17.6 Å². The predicted octanol–water partition coefficient (Wildman–Crippen LogP) is 3.06. The Morgan fingerprint density at radius 2 is 2.06 bits per heavy atom. The summed E-state index contributed by atoms with van der Waals surface area (Å²) in [5.74, 6) is 1.68. The Morgan fingerprint density at radius 1 is 1.29 bits per heavy atom. The van der Waals surface area contributed by atoms with Gasteiger partial charge in [0.05, 0.1) is 0 Å². The zero-order valence-corrected chi connectivity index (χ0v) is 11.4. The number of anilines is 1. The van der Waals surface area contributed by atoms with Gasteiger partial charge in [-0.2, -0.15) is 0 Å². The summed E-state index contributed by atoms with van der Waals surface area (Å²) in [6.45, 7) is 10.1. The van der Waals surface area contributed by atoms with Crippen LogP contribution in [0, 0.1) is 11.3 Å². The number of nitrogens with one attached hydrogen (secondary N) is 1.